The number of carbonyl (C=O) groups is 3. The highest BCUT2D eigenvalue weighted by Crippen LogP contribution is 2.22. The summed E-state index contributed by atoms with van der Waals surface area (Å²) in [6.07, 6.45) is 0. The molecule has 0 saturated carbocycles. The molecule has 0 atom stereocenters. The van der Waals surface area contributed by atoms with Gasteiger partial charge in [-0.15, -0.1) is 0 Å². The fourth-order valence-corrected chi connectivity index (χ4v) is 4.36. The molecule has 2 heterocycles. The molecule has 1 N–H and O–H groups in total. The van der Waals surface area contributed by atoms with Crippen LogP contribution in [0.15, 0.2) is 59.4 Å². The van der Waals surface area contributed by atoms with Gasteiger partial charge in [0.05, 0.1) is 28.3 Å². The molecule has 1 aliphatic heterocycles. The van der Waals surface area contributed by atoms with Gasteiger partial charge in [0.1, 0.15) is 5.69 Å². The number of imide groups is 1. The molecule has 164 valence electrons. The van der Waals surface area contributed by atoms with Crippen LogP contribution in [0.3, 0.4) is 0 Å². The lowest BCUT2D eigenvalue weighted by atomic mass is 10.1. The van der Waals surface area contributed by atoms with Crippen LogP contribution in [-0.2, 0) is 11.8 Å². The minimum atomic E-state index is -0.316. The molecule has 1 aromatic heterocycles. The number of hydrogen-bond donors (Lipinski definition) is 1. The number of amides is 3. The molecule has 0 aliphatic carbocycles. The monoisotopic (exact) mass is 450 g/mol. The van der Waals surface area contributed by atoms with E-state index >= 15 is 0 Å². The zero-order valence-corrected chi connectivity index (χ0v) is 18.5. The van der Waals surface area contributed by atoms with E-state index in [0.717, 1.165) is 0 Å². The van der Waals surface area contributed by atoms with Gasteiger partial charge in [0.15, 0.2) is 0 Å². The number of nitrogens with zero attached hydrogens (tertiary/aromatic N) is 3. The van der Waals surface area contributed by atoms with Gasteiger partial charge in [-0.3, -0.25) is 28.8 Å². The van der Waals surface area contributed by atoms with E-state index in [9.17, 15) is 19.2 Å². The first-order valence-electron chi connectivity index (χ1n) is 10.1. The molecule has 0 fully saturated rings. The van der Waals surface area contributed by atoms with Crippen molar-refractivity contribution in [1.82, 2.24) is 14.3 Å². The SMILES string of the molecule is Cc1c(NC(=O)CSCCN2C(=O)c3ccccc3C2=O)c(=O)n(-c2ccccc2)n1C. The molecule has 0 spiro atoms. The predicted molar refractivity (Wildman–Crippen MR) is 124 cm³/mol. The summed E-state index contributed by atoms with van der Waals surface area (Å²) in [6, 6.07) is 15.9. The summed E-state index contributed by atoms with van der Waals surface area (Å²) in [5.41, 5.74) is 2.11. The van der Waals surface area contributed by atoms with E-state index in [4.69, 9.17) is 0 Å². The Labute approximate surface area is 188 Å². The van der Waals surface area contributed by atoms with E-state index in [-0.39, 0.29) is 41.3 Å². The molecule has 2 aromatic carbocycles. The van der Waals surface area contributed by atoms with Crippen LogP contribution < -0.4 is 10.9 Å². The zero-order chi connectivity index (χ0) is 22.8. The van der Waals surface area contributed by atoms with E-state index in [1.165, 1.54) is 21.3 Å². The number of anilines is 1. The van der Waals surface area contributed by atoms with Crippen LogP contribution >= 0.6 is 11.8 Å². The third-order valence-corrected chi connectivity index (χ3v) is 6.33. The molecule has 8 nitrogen and oxygen atoms in total. The van der Waals surface area contributed by atoms with Crippen LogP contribution in [0.2, 0.25) is 0 Å². The molecule has 3 amide bonds. The number of nitrogens with one attached hydrogen (secondary N) is 1. The van der Waals surface area contributed by atoms with Crippen molar-refractivity contribution in [3.63, 3.8) is 0 Å². The van der Waals surface area contributed by atoms with Crippen molar-refractivity contribution in [3.8, 4) is 5.69 Å². The van der Waals surface area contributed by atoms with E-state index in [1.54, 1.807) is 42.9 Å². The number of thioether (sulfide) groups is 1. The molecule has 9 heteroatoms. The fraction of sp³-hybridized carbons (Fsp3) is 0.217. The number of hydrogen-bond acceptors (Lipinski definition) is 5. The molecule has 3 aromatic rings. The molecule has 32 heavy (non-hydrogen) atoms. The van der Waals surface area contributed by atoms with Crippen molar-refractivity contribution < 1.29 is 14.4 Å². The molecule has 1 aliphatic rings. The Kier molecular flexibility index (Phi) is 6.00. The van der Waals surface area contributed by atoms with Crippen molar-refractivity contribution >= 4 is 35.2 Å². The normalized spacial score (nSPS) is 12.9. The maximum absolute atomic E-state index is 12.9. The lowest BCUT2D eigenvalue weighted by molar-refractivity contribution is -0.113. The summed E-state index contributed by atoms with van der Waals surface area (Å²) in [7, 11) is 1.76. The highest BCUT2D eigenvalue weighted by molar-refractivity contribution is 7.99. The summed E-state index contributed by atoms with van der Waals surface area (Å²) in [4.78, 5) is 51.3. The number of rotatable bonds is 7. The molecule has 0 unspecified atom stereocenters. The summed E-state index contributed by atoms with van der Waals surface area (Å²) < 4.78 is 3.20. The third kappa shape index (κ3) is 3.87. The van der Waals surface area contributed by atoms with Crippen molar-refractivity contribution in [2.75, 3.05) is 23.4 Å². The van der Waals surface area contributed by atoms with Gasteiger partial charge in [0.25, 0.3) is 17.4 Å². The minimum Gasteiger partial charge on any atom is -0.319 e. The molecular weight excluding hydrogens is 428 g/mol. The minimum absolute atomic E-state index is 0.0995. The van der Waals surface area contributed by atoms with Gasteiger partial charge in [-0.05, 0) is 31.2 Å². The number of carbonyl (C=O) groups excluding carboxylic acids is 3. The number of benzene rings is 2. The molecule has 0 bridgehead atoms. The van der Waals surface area contributed by atoms with Crippen LogP contribution in [0.25, 0.3) is 5.69 Å². The Morgan fingerprint density at radius 2 is 1.53 bits per heavy atom. The van der Waals surface area contributed by atoms with Gasteiger partial charge in [0.2, 0.25) is 5.91 Å². The van der Waals surface area contributed by atoms with E-state index < -0.39 is 0 Å². The first-order chi connectivity index (χ1) is 15.4. The summed E-state index contributed by atoms with van der Waals surface area (Å²) in [5.74, 6) is -0.416. The smallest absolute Gasteiger partial charge is 0.295 e. The van der Waals surface area contributed by atoms with Gasteiger partial charge in [-0.2, -0.15) is 11.8 Å². The second kappa shape index (κ2) is 8.88. The molecule has 0 radical (unpaired) electrons. The Hall–Kier alpha value is -3.59. The van der Waals surface area contributed by atoms with Gasteiger partial charge in [-0.1, -0.05) is 30.3 Å². The Balaban J connectivity index is 1.34. The summed E-state index contributed by atoms with van der Waals surface area (Å²) in [5, 5.41) is 2.71. The Morgan fingerprint density at radius 3 is 2.16 bits per heavy atom. The van der Waals surface area contributed by atoms with Gasteiger partial charge >= 0.3 is 0 Å². The van der Waals surface area contributed by atoms with Crippen LogP contribution in [0.4, 0.5) is 5.69 Å². The average Bonchev–Trinajstić information content (AvgIpc) is 3.17. The average molecular weight is 451 g/mol. The molecule has 4 rings (SSSR count). The van der Waals surface area contributed by atoms with Crippen LogP contribution in [0.1, 0.15) is 26.4 Å². The second-order valence-corrected chi connectivity index (χ2v) is 8.45. The van der Waals surface area contributed by atoms with Crippen molar-refractivity contribution in [2.45, 2.75) is 6.92 Å². The highest BCUT2D eigenvalue weighted by atomic mass is 32.2. The lowest BCUT2D eigenvalue weighted by Gasteiger charge is -2.13. The lowest BCUT2D eigenvalue weighted by Crippen LogP contribution is -2.32. The van der Waals surface area contributed by atoms with E-state index in [2.05, 4.69) is 5.32 Å². The quantitative estimate of drug-likeness (QED) is 0.441. The largest absolute Gasteiger partial charge is 0.319 e. The van der Waals surface area contributed by atoms with Crippen LogP contribution in [-0.4, -0.2) is 50.0 Å². The van der Waals surface area contributed by atoms with Gasteiger partial charge in [0, 0.05) is 19.3 Å². The first kappa shape index (κ1) is 21.6. The summed E-state index contributed by atoms with van der Waals surface area (Å²) >= 11 is 1.30. The highest BCUT2D eigenvalue weighted by Gasteiger charge is 2.34. The first-order valence-corrected chi connectivity index (χ1v) is 11.2. The van der Waals surface area contributed by atoms with Crippen LogP contribution in [0.5, 0.6) is 0 Å². The van der Waals surface area contributed by atoms with E-state index in [1.807, 2.05) is 30.3 Å². The van der Waals surface area contributed by atoms with E-state index in [0.29, 0.717) is 28.3 Å². The van der Waals surface area contributed by atoms with Crippen molar-refractivity contribution in [3.05, 3.63) is 81.8 Å². The maximum Gasteiger partial charge on any atom is 0.295 e. The topological polar surface area (TPSA) is 93.4 Å². The van der Waals surface area contributed by atoms with Gasteiger partial charge in [-0.25, -0.2) is 4.68 Å². The zero-order valence-electron chi connectivity index (χ0n) is 17.7. The number of aromatic nitrogens is 2. The third-order valence-electron chi connectivity index (χ3n) is 5.39. The number of para-hydroxylation sites is 1. The number of fused-ring (bicyclic) bond motifs is 1. The van der Waals surface area contributed by atoms with Crippen molar-refractivity contribution in [2.24, 2.45) is 7.05 Å². The standard InChI is InChI=1S/C23H22N4O4S/c1-15-20(23(31)27(25(15)2)16-8-4-3-5-9-16)24-19(28)14-32-13-12-26-21(29)17-10-6-7-11-18(17)22(26)30/h3-11H,12-14H2,1-2H3,(H,24,28). The maximum atomic E-state index is 12.9. The fourth-order valence-electron chi connectivity index (χ4n) is 3.65. The Bertz CT molecular complexity index is 1230. The molecular formula is C23H22N4O4S. The van der Waals surface area contributed by atoms with Gasteiger partial charge < -0.3 is 5.32 Å². The molecule has 0 saturated heterocycles. The second-order valence-electron chi connectivity index (χ2n) is 7.34. The summed E-state index contributed by atoms with van der Waals surface area (Å²) in [6.45, 7) is 1.99. The van der Waals surface area contributed by atoms with Crippen molar-refractivity contribution in [1.29, 1.82) is 0 Å². The Morgan fingerprint density at radius 1 is 0.938 bits per heavy atom. The van der Waals surface area contributed by atoms with Crippen LogP contribution in [0, 0.1) is 6.92 Å². The predicted octanol–water partition coefficient (Wildman–Crippen LogP) is 2.45.